The minimum Gasteiger partial charge on any atom is -0.381 e. The summed E-state index contributed by atoms with van der Waals surface area (Å²) in [6, 6.07) is 3.20. The summed E-state index contributed by atoms with van der Waals surface area (Å²) in [6.45, 7) is 3.22. The topological polar surface area (TPSA) is 66.4 Å². The Morgan fingerprint density at radius 3 is 2.34 bits per heavy atom. The largest absolute Gasteiger partial charge is 0.381 e. The summed E-state index contributed by atoms with van der Waals surface area (Å²) in [5.41, 5.74) is -1.01. The number of aromatic nitrogens is 1. The number of alkyl halides is 4. The van der Waals surface area contributed by atoms with Crippen LogP contribution in [-0.2, 0) is 0 Å². The number of halogens is 5. The summed E-state index contributed by atoms with van der Waals surface area (Å²) in [5.74, 6) is -3.97. The van der Waals surface area contributed by atoms with E-state index in [-0.39, 0.29) is 22.9 Å². The highest BCUT2D eigenvalue weighted by atomic mass is 19.3. The first-order chi connectivity index (χ1) is 17.9. The minimum absolute atomic E-state index is 0.0404. The summed E-state index contributed by atoms with van der Waals surface area (Å²) in [5, 5.41) is 6.04. The Labute approximate surface area is 217 Å². The van der Waals surface area contributed by atoms with Gasteiger partial charge in [0.05, 0.1) is 22.9 Å². The van der Waals surface area contributed by atoms with Crippen LogP contribution in [0, 0.1) is 17.7 Å². The standard InChI is InChI=1S/C27H31F5N4O2/c1-14(18-4-3-5-19(23(18)28)25(29)30)33-26(38)20-13-36(17-9-27(31,32)10-17)22(37)8-21(20)34-24-15-6-7-16(24)12-35(2)11-15/h3-5,8,13-17,24-25,34H,6-7,9-12H2,1-2H3,(H,33,38)/t14-,15-,16+,24?/m1/s1. The number of nitrogens with one attached hydrogen (secondary N) is 2. The van der Waals surface area contributed by atoms with Crippen molar-refractivity contribution in [2.75, 3.05) is 25.5 Å². The molecule has 6 nitrogen and oxygen atoms in total. The maximum Gasteiger partial charge on any atom is 0.266 e. The number of nitrogens with zero attached hydrogens (tertiary/aromatic N) is 2. The predicted octanol–water partition coefficient (Wildman–Crippen LogP) is 5.14. The van der Waals surface area contributed by atoms with Gasteiger partial charge in [-0.2, -0.15) is 0 Å². The lowest BCUT2D eigenvalue weighted by Crippen LogP contribution is -2.47. The molecule has 1 unspecified atom stereocenters. The first-order valence-corrected chi connectivity index (χ1v) is 12.9. The number of hydrogen-bond donors (Lipinski definition) is 2. The first-order valence-electron chi connectivity index (χ1n) is 12.9. The van der Waals surface area contributed by atoms with Gasteiger partial charge in [0.15, 0.2) is 0 Å². The molecule has 0 radical (unpaired) electrons. The number of piperidine rings is 1. The van der Waals surface area contributed by atoms with E-state index in [0.29, 0.717) is 11.8 Å². The highest BCUT2D eigenvalue weighted by Gasteiger charge is 2.47. The van der Waals surface area contributed by atoms with Gasteiger partial charge >= 0.3 is 0 Å². The Kier molecular flexibility index (Phi) is 7.00. The molecule has 11 heteroatoms. The van der Waals surface area contributed by atoms with Crippen LogP contribution >= 0.6 is 0 Å². The maximum absolute atomic E-state index is 14.7. The quantitative estimate of drug-likeness (QED) is 0.480. The molecular formula is C27H31F5N4O2. The number of benzene rings is 1. The Hall–Kier alpha value is -2.95. The molecule has 2 saturated carbocycles. The first kappa shape index (κ1) is 26.6. The molecule has 1 aromatic heterocycles. The maximum atomic E-state index is 14.7. The molecule has 1 aliphatic heterocycles. The molecule has 38 heavy (non-hydrogen) atoms. The van der Waals surface area contributed by atoms with E-state index in [1.807, 2.05) is 0 Å². The fraction of sp³-hybridized carbons (Fsp3) is 0.556. The monoisotopic (exact) mass is 538 g/mol. The number of carbonyl (C=O) groups is 1. The summed E-state index contributed by atoms with van der Waals surface area (Å²) in [4.78, 5) is 28.7. The van der Waals surface area contributed by atoms with Crippen LogP contribution in [0.3, 0.4) is 0 Å². The molecule has 1 saturated heterocycles. The van der Waals surface area contributed by atoms with Crippen molar-refractivity contribution in [1.82, 2.24) is 14.8 Å². The van der Waals surface area contributed by atoms with Crippen molar-refractivity contribution in [2.24, 2.45) is 11.8 Å². The zero-order chi connectivity index (χ0) is 27.4. The Morgan fingerprint density at radius 2 is 1.74 bits per heavy atom. The van der Waals surface area contributed by atoms with E-state index in [4.69, 9.17) is 0 Å². The van der Waals surface area contributed by atoms with Gasteiger partial charge in [0.2, 0.25) is 0 Å². The second-order valence-corrected chi connectivity index (χ2v) is 11.0. The minimum atomic E-state index is -3.01. The van der Waals surface area contributed by atoms with E-state index in [9.17, 15) is 31.5 Å². The molecule has 3 aliphatic rings. The van der Waals surface area contributed by atoms with E-state index >= 15 is 0 Å². The zero-order valence-electron chi connectivity index (χ0n) is 21.2. The average Bonchev–Trinajstić information content (AvgIpc) is 3.05. The van der Waals surface area contributed by atoms with Crippen molar-refractivity contribution < 1.29 is 26.7 Å². The Balaban J connectivity index is 1.45. The number of likely N-dealkylation sites (tertiary alicyclic amines) is 1. The third kappa shape index (κ3) is 5.04. The number of pyridine rings is 1. The van der Waals surface area contributed by atoms with Crippen LogP contribution in [-0.4, -0.2) is 47.5 Å². The van der Waals surface area contributed by atoms with Crippen molar-refractivity contribution in [3.05, 3.63) is 63.3 Å². The van der Waals surface area contributed by atoms with Crippen LogP contribution in [0.2, 0.25) is 0 Å². The highest BCUT2D eigenvalue weighted by Crippen LogP contribution is 2.45. The Morgan fingerprint density at radius 1 is 1.11 bits per heavy atom. The number of fused-ring (bicyclic) bond motifs is 2. The number of rotatable bonds is 7. The molecule has 3 fully saturated rings. The van der Waals surface area contributed by atoms with Gasteiger partial charge in [-0.25, -0.2) is 22.0 Å². The van der Waals surface area contributed by atoms with Crippen LogP contribution in [0.25, 0.3) is 0 Å². The molecule has 1 aromatic carbocycles. The molecule has 2 bridgehead atoms. The number of carbonyl (C=O) groups excluding carboxylic acids is 1. The van der Waals surface area contributed by atoms with Crippen LogP contribution in [0.1, 0.15) is 72.6 Å². The third-order valence-corrected chi connectivity index (χ3v) is 8.23. The molecule has 2 aliphatic carbocycles. The van der Waals surface area contributed by atoms with Gasteiger partial charge in [-0.3, -0.25) is 9.59 Å². The highest BCUT2D eigenvalue weighted by molar-refractivity contribution is 5.99. The number of anilines is 1. The SMILES string of the molecule is C[C@@H](NC(=O)c1cn(C2CC(F)(F)C2)c(=O)cc1NC1[C@@H]2CC[C@H]1CN(C)C2)c1cccc(C(F)F)c1F. The van der Waals surface area contributed by atoms with Gasteiger partial charge in [0, 0.05) is 55.8 Å². The van der Waals surface area contributed by atoms with E-state index in [2.05, 4.69) is 22.6 Å². The molecular weight excluding hydrogens is 507 g/mol. The van der Waals surface area contributed by atoms with Gasteiger partial charge in [-0.05, 0) is 38.6 Å². The molecule has 1 amide bonds. The van der Waals surface area contributed by atoms with Gasteiger partial charge in [-0.15, -0.1) is 0 Å². The van der Waals surface area contributed by atoms with Crippen LogP contribution in [0.5, 0.6) is 0 Å². The van der Waals surface area contributed by atoms with Crippen LogP contribution in [0.4, 0.5) is 27.6 Å². The summed E-state index contributed by atoms with van der Waals surface area (Å²) in [7, 11) is 2.06. The Bertz CT molecular complexity index is 1260. The smallest absolute Gasteiger partial charge is 0.266 e. The normalized spacial score (nSPS) is 25.7. The van der Waals surface area contributed by atoms with Gasteiger partial charge < -0.3 is 20.1 Å². The molecule has 2 heterocycles. The van der Waals surface area contributed by atoms with Crippen molar-refractivity contribution in [3.8, 4) is 0 Å². The van der Waals surface area contributed by atoms with Crippen molar-refractivity contribution >= 4 is 11.6 Å². The van der Waals surface area contributed by atoms with E-state index in [1.54, 1.807) is 0 Å². The number of amides is 1. The van der Waals surface area contributed by atoms with Crippen molar-refractivity contribution in [3.63, 3.8) is 0 Å². The molecule has 5 rings (SSSR count). The van der Waals surface area contributed by atoms with Crippen LogP contribution < -0.4 is 16.2 Å². The number of hydrogen-bond acceptors (Lipinski definition) is 4. The molecule has 206 valence electrons. The second kappa shape index (κ2) is 9.98. The third-order valence-electron chi connectivity index (χ3n) is 8.23. The lowest BCUT2D eigenvalue weighted by Gasteiger charge is -2.38. The van der Waals surface area contributed by atoms with Crippen LogP contribution in [0.15, 0.2) is 35.3 Å². The predicted molar refractivity (Wildman–Crippen MR) is 132 cm³/mol. The second-order valence-electron chi connectivity index (χ2n) is 11.0. The average molecular weight is 539 g/mol. The molecule has 4 atom stereocenters. The van der Waals surface area contributed by atoms with E-state index in [0.717, 1.165) is 36.6 Å². The van der Waals surface area contributed by atoms with Gasteiger partial charge in [0.25, 0.3) is 23.8 Å². The van der Waals surface area contributed by atoms with Gasteiger partial charge in [0.1, 0.15) is 5.82 Å². The molecule has 0 spiro atoms. The zero-order valence-corrected chi connectivity index (χ0v) is 21.2. The fourth-order valence-corrected chi connectivity index (χ4v) is 6.26. The molecule has 2 N–H and O–H groups in total. The van der Waals surface area contributed by atoms with Crippen molar-refractivity contribution in [2.45, 2.75) is 63.1 Å². The van der Waals surface area contributed by atoms with Crippen molar-refractivity contribution in [1.29, 1.82) is 0 Å². The fourth-order valence-electron chi connectivity index (χ4n) is 6.26. The van der Waals surface area contributed by atoms with Gasteiger partial charge in [-0.1, -0.05) is 18.2 Å². The summed E-state index contributed by atoms with van der Waals surface area (Å²) in [6.07, 6.45) is -0.694. The van der Waals surface area contributed by atoms with E-state index in [1.165, 1.54) is 31.3 Å². The molecule has 2 aromatic rings. The lowest BCUT2D eigenvalue weighted by atomic mass is 9.87. The summed E-state index contributed by atoms with van der Waals surface area (Å²) < 4.78 is 69.4. The lowest BCUT2D eigenvalue weighted by molar-refractivity contribution is -0.104. The summed E-state index contributed by atoms with van der Waals surface area (Å²) >= 11 is 0. The van der Waals surface area contributed by atoms with E-state index < -0.39 is 60.1 Å².